The summed E-state index contributed by atoms with van der Waals surface area (Å²) in [5.41, 5.74) is 4.56. The van der Waals surface area contributed by atoms with E-state index in [2.05, 4.69) is 44.5 Å². The van der Waals surface area contributed by atoms with Crippen molar-refractivity contribution in [2.75, 3.05) is 26.2 Å². The molecule has 4 heterocycles. The summed E-state index contributed by atoms with van der Waals surface area (Å²) in [5, 5.41) is 6.56. The van der Waals surface area contributed by atoms with Crippen LogP contribution in [0.1, 0.15) is 49.4 Å². The molecule has 0 spiro atoms. The monoisotopic (exact) mass is 525 g/mol. The van der Waals surface area contributed by atoms with Gasteiger partial charge in [0.25, 0.3) is 5.91 Å². The van der Waals surface area contributed by atoms with Gasteiger partial charge in [-0.25, -0.2) is 4.79 Å². The second-order valence-corrected chi connectivity index (χ2v) is 10.7. The number of ether oxygens (including phenoxy) is 1. The van der Waals surface area contributed by atoms with Crippen molar-refractivity contribution < 1.29 is 14.3 Å². The zero-order chi connectivity index (χ0) is 27.0. The number of piperazine rings is 1. The van der Waals surface area contributed by atoms with Crippen molar-refractivity contribution in [2.45, 2.75) is 51.7 Å². The van der Waals surface area contributed by atoms with E-state index in [1.807, 2.05) is 49.4 Å². The molecule has 1 aromatic heterocycles. The number of unbranched alkanes of at least 4 members (excludes halogenated alkanes) is 3. The van der Waals surface area contributed by atoms with E-state index in [0.717, 1.165) is 65.3 Å². The lowest BCUT2D eigenvalue weighted by Crippen LogP contribution is -2.75. The van der Waals surface area contributed by atoms with Gasteiger partial charge in [0.1, 0.15) is 12.4 Å². The van der Waals surface area contributed by atoms with Crippen LogP contribution in [-0.2, 0) is 16.9 Å². The maximum absolute atomic E-state index is 13.4. The summed E-state index contributed by atoms with van der Waals surface area (Å²) in [4.78, 5) is 34.9. The zero-order valence-corrected chi connectivity index (χ0v) is 22.6. The van der Waals surface area contributed by atoms with Crippen molar-refractivity contribution in [1.29, 1.82) is 0 Å². The van der Waals surface area contributed by atoms with Crippen LogP contribution in [-0.4, -0.2) is 52.9 Å². The van der Waals surface area contributed by atoms with E-state index in [-0.39, 0.29) is 5.91 Å². The summed E-state index contributed by atoms with van der Waals surface area (Å²) >= 11 is 0. The summed E-state index contributed by atoms with van der Waals surface area (Å²) in [6.45, 7) is 8.05. The fraction of sp³-hybridized carbons (Fsp3) is 0.387. The Morgan fingerprint density at radius 3 is 2.64 bits per heavy atom. The van der Waals surface area contributed by atoms with E-state index in [4.69, 9.17) is 4.74 Å². The van der Waals surface area contributed by atoms with Gasteiger partial charge in [0.15, 0.2) is 5.54 Å². The first-order valence-corrected chi connectivity index (χ1v) is 14.0. The van der Waals surface area contributed by atoms with Crippen molar-refractivity contribution in [1.82, 2.24) is 25.4 Å². The molecule has 0 radical (unpaired) electrons. The number of nitrogens with zero attached hydrogens (tertiary/aromatic N) is 3. The van der Waals surface area contributed by atoms with E-state index >= 15 is 0 Å². The lowest BCUT2D eigenvalue weighted by molar-refractivity contribution is -0.135. The van der Waals surface area contributed by atoms with Gasteiger partial charge in [-0.1, -0.05) is 56.5 Å². The van der Waals surface area contributed by atoms with Crippen LogP contribution in [0.3, 0.4) is 0 Å². The first-order chi connectivity index (χ1) is 19.0. The fourth-order valence-corrected chi connectivity index (χ4v) is 6.22. The second-order valence-electron chi connectivity index (χ2n) is 10.7. The number of pyridine rings is 1. The molecule has 8 heteroatoms. The number of amides is 3. The lowest BCUT2D eigenvalue weighted by atomic mass is 9.74. The van der Waals surface area contributed by atoms with E-state index in [1.165, 1.54) is 25.7 Å². The van der Waals surface area contributed by atoms with Crippen molar-refractivity contribution in [3.8, 4) is 5.75 Å². The molecular weight excluding hydrogens is 490 g/mol. The number of hydrogen-bond acceptors (Lipinski definition) is 6. The molecule has 2 aromatic carbocycles. The van der Waals surface area contributed by atoms with Gasteiger partial charge >= 0.3 is 6.03 Å². The van der Waals surface area contributed by atoms with Gasteiger partial charge in [-0.15, -0.1) is 0 Å². The third-order valence-corrected chi connectivity index (χ3v) is 8.11. The van der Waals surface area contributed by atoms with Crippen molar-refractivity contribution in [2.24, 2.45) is 0 Å². The highest BCUT2D eigenvalue weighted by Gasteiger charge is 2.62. The second kappa shape index (κ2) is 10.3. The van der Waals surface area contributed by atoms with Crippen molar-refractivity contribution in [3.63, 3.8) is 0 Å². The lowest BCUT2D eigenvalue weighted by Gasteiger charge is -2.59. The molecule has 1 unspecified atom stereocenters. The van der Waals surface area contributed by atoms with Crippen LogP contribution in [0, 0.1) is 6.92 Å². The zero-order valence-electron chi connectivity index (χ0n) is 22.6. The first kappa shape index (κ1) is 25.4. The summed E-state index contributed by atoms with van der Waals surface area (Å²) in [5.74, 6) is 0.421. The SMILES string of the molecule is CCCCCCN1CCN2C(=C3NC(=O)NC(=O)C32c2ccc(OCc3cc(C)nc4ccccc34)cc2)C1. The topological polar surface area (TPSA) is 86.8 Å². The maximum Gasteiger partial charge on any atom is 0.325 e. The normalized spacial score (nSPS) is 20.7. The molecule has 39 heavy (non-hydrogen) atoms. The molecule has 2 saturated heterocycles. The molecule has 6 rings (SSSR count). The number of nitrogens with one attached hydrogen (secondary N) is 2. The maximum atomic E-state index is 13.4. The van der Waals surface area contributed by atoms with Crippen LogP contribution in [0.2, 0.25) is 0 Å². The molecule has 8 nitrogen and oxygen atoms in total. The number of para-hydroxylation sites is 1. The van der Waals surface area contributed by atoms with Gasteiger partial charge in [-0.2, -0.15) is 0 Å². The molecule has 0 saturated carbocycles. The Morgan fingerprint density at radius 2 is 1.82 bits per heavy atom. The highest BCUT2D eigenvalue weighted by molar-refractivity contribution is 6.07. The predicted octanol–water partition coefficient (Wildman–Crippen LogP) is 4.58. The van der Waals surface area contributed by atoms with E-state index in [0.29, 0.717) is 12.3 Å². The van der Waals surface area contributed by atoms with Crippen LogP contribution in [0.25, 0.3) is 10.9 Å². The van der Waals surface area contributed by atoms with Crippen LogP contribution < -0.4 is 15.4 Å². The highest BCUT2D eigenvalue weighted by atomic mass is 16.5. The van der Waals surface area contributed by atoms with Gasteiger partial charge in [0, 0.05) is 36.3 Å². The molecule has 2 fully saturated rings. The average Bonchev–Trinajstić information content (AvgIpc) is 2.93. The number of carbonyl (C=O) groups is 2. The van der Waals surface area contributed by atoms with E-state index < -0.39 is 11.6 Å². The quantitative estimate of drug-likeness (QED) is 0.398. The number of benzene rings is 2. The molecule has 3 aliphatic rings. The minimum absolute atomic E-state index is 0.297. The van der Waals surface area contributed by atoms with Crippen molar-refractivity contribution in [3.05, 3.63) is 82.8 Å². The average molecular weight is 526 g/mol. The highest BCUT2D eigenvalue weighted by Crippen LogP contribution is 2.50. The summed E-state index contributed by atoms with van der Waals surface area (Å²) in [6.07, 6.45) is 4.88. The minimum Gasteiger partial charge on any atom is -0.489 e. The third kappa shape index (κ3) is 4.42. The third-order valence-electron chi connectivity index (χ3n) is 8.11. The number of aromatic nitrogens is 1. The van der Waals surface area contributed by atoms with E-state index in [9.17, 15) is 9.59 Å². The number of fused-ring (bicyclic) bond motifs is 4. The molecule has 1 atom stereocenters. The Morgan fingerprint density at radius 1 is 1.00 bits per heavy atom. The number of urea groups is 1. The number of imide groups is 1. The molecule has 3 amide bonds. The number of aryl methyl sites for hydroxylation is 1. The molecule has 202 valence electrons. The van der Waals surface area contributed by atoms with Crippen molar-refractivity contribution >= 4 is 22.8 Å². The minimum atomic E-state index is -1.01. The molecular formula is C31H35N5O3. The molecule has 0 aliphatic carbocycles. The first-order valence-electron chi connectivity index (χ1n) is 14.0. The number of hydrogen-bond donors (Lipinski definition) is 2. The number of carbonyl (C=O) groups excluding carboxylic acids is 2. The predicted molar refractivity (Wildman–Crippen MR) is 150 cm³/mol. The van der Waals surface area contributed by atoms with Crippen LogP contribution in [0.4, 0.5) is 4.79 Å². The number of rotatable bonds is 9. The fourth-order valence-electron chi connectivity index (χ4n) is 6.22. The Kier molecular flexibility index (Phi) is 6.73. The van der Waals surface area contributed by atoms with Gasteiger partial charge < -0.3 is 15.0 Å². The van der Waals surface area contributed by atoms with Crippen LogP contribution in [0.5, 0.6) is 5.75 Å². The summed E-state index contributed by atoms with van der Waals surface area (Å²) in [7, 11) is 0. The Bertz CT molecular complexity index is 1450. The Labute approximate surface area is 229 Å². The molecule has 3 aromatic rings. The summed E-state index contributed by atoms with van der Waals surface area (Å²) < 4.78 is 6.16. The van der Waals surface area contributed by atoms with Gasteiger partial charge in [0.05, 0.1) is 16.9 Å². The van der Waals surface area contributed by atoms with Gasteiger partial charge in [-0.3, -0.25) is 20.0 Å². The van der Waals surface area contributed by atoms with Crippen LogP contribution >= 0.6 is 0 Å². The standard InChI is InChI=1S/C31H35N5O3/c1-3-4-5-8-15-35-16-17-36-27(19-35)28-31(36,29(37)34-30(38)33-28)23-11-13-24(14-12-23)39-20-22-18-21(2)32-26-10-7-6-9-25(22)26/h6-7,9-14,18H,3-5,8,15-17,19-20H2,1-2H3,(H2,33,34,37,38). The Balaban J connectivity index is 1.22. The smallest absolute Gasteiger partial charge is 0.325 e. The van der Waals surface area contributed by atoms with E-state index in [1.54, 1.807) is 0 Å². The Hall–Kier alpha value is -3.91. The van der Waals surface area contributed by atoms with Gasteiger partial charge in [-0.05, 0) is 49.7 Å². The largest absolute Gasteiger partial charge is 0.489 e. The molecule has 3 aliphatic heterocycles. The van der Waals surface area contributed by atoms with Gasteiger partial charge in [0.2, 0.25) is 0 Å². The van der Waals surface area contributed by atoms with Crippen LogP contribution in [0.15, 0.2) is 66.0 Å². The summed E-state index contributed by atoms with van der Waals surface area (Å²) in [6, 6.07) is 17.4. The molecule has 2 N–H and O–H groups in total. The molecule has 0 bridgehead atoms.